The predicted octanol–water partition coefficient (Wildman–Crippen LogP) is 3.57. The first-order valence-corrected chi connectivity index (χ1v) is 6.62. The molecule has 0 amide bonds. The van der Waals surface area contributed by atoms with Crippen LogP contribution < -0.4 is 4.90 Å². The van der Waals surface area contributed by atoms with Gasteiger partial charge < -0.3 is 4.90 Å². The van der Waals surface area contributed by atoms with Gasteiger partial charge in [-0.2, -0.15) is 22.8 Å². The summed E-state index contributed by atoms with van der Waals surface area (Å²) in [7, 11) is 3.18. The van der Waals surface area contributed by atoms with Gasteiger partial charge in [0.05, 0.1) is 10.7 Å². The van der Waals surface area contributed by atoms with Crippen LogP contribution >= 0.6 is 11.6 Å². The van der Waals surface area contributed by atoms with Crippen molar-refractivity contribution in [3.63, 3.8) is 0 Å². The van der Waals surface area contributed by atoms with E-state index in [9.17, 15) is 13.2 Å². The van der Waals surface area contributed by atoms with Crippen molar-refractivity contribution in [1.82, 2.24) is 14.8 Å². The summed E-state index contributed by atoms with van der Waals surface area (Å²) in [6.07, 6.45) is -3.82. The Morgan fingerprint density at radius 3 is 2.43 bits per heavy atom. The van der Waals surface area contributed by atoms with E-state index in [-0.39, 0.29) is 5.95 Å². The van der Waals surface area contributed by atoms with Crippen molar-refractivity contribution in [3.8, 4) is 5.69 Å². The molecular weight excluding hydrogens is 305 g/mol. The zero-order valence-electron chi connectivity index (χ0n) is 11.7. The maximum atomic E-state index is 12.8. The molecule has 0 aliphatic heterocycles. The Balaban J connectivity index is 2.60. The Morgan fingerprint density at radius 2 is 1.95 bits per heavy atom. The third-order valence-electron chi connectivity index (χ3n) is 2.89. The number of aromatic nitrogens is 3. The SMILES string of the molecule is CCc1ccc(-n2nc(C(F)(F)F)nc2N(C)C)c(Cl)c1. The highest BCUT2D eigenvalue weighted by Crippen LogP contribution is 2.31. The first-order chi connectivity index (χ1) is 9.74. The van der Waals surface area contributed by atoms with E-state index >= 15 is 0 Å². The highest BCUT2D eigenvalue weighted by molar-refractivity contribution is 6.32. The minimum Gasteiger partial charge on any atom is -0.347 e. The molecule has 0 saturated heterocycles. The molecule has 8 heteroatoms. The van der Waals surface area contributed by atoms with Crippen molar-refractivity contribution in [2.24, 2.45) is 0 Å². The molecule has 1 aromatic carbocycles. The number of rotatable bonds is 3. The van der Waals surface area contributed by atoms with Gasteiger partial charge in [-0.05, 0) is 24.1 Å². The lowest BCUT2D eigenvalue weighted by Gasteiger charge is -2.13. The summed E-state index contributed by atoms with van der Waals surface area (Å²) in [6, 6.07) is 5.16. The highest BCUT2D eigenvalue weighted by atomic mass is 35.5. The molecule has 4 nitrogen and oxygen atoms in total. The molecule has 1 aromatic heterocycles. The molecule has 2 aromatic rings. The Kier molecular flexibility index (Phi) is 4.13. The molecule has 0 unspecified atom stereocenters. The molecule has 2 rings (SSSR count). The van der Waals surface area contributed by atoms with Crippen molar-refractivity contribution >= 4 is 17.5 Å². The average molecular weight is 319 g/mol. The van der Waals surface area contributed by atoms with Gasteiger partial charge in [-0.3, -0.25) is 0 Å². The van der Waals surface area contributed by atoms with Crippen molar-refractivity contribution < 1.29 is 13.2 Å². The summed E-state index contributed by atoms with van der Waals surface area (Å²) in [5.74, 6) is -1.13. The summed E-state index contributed by atoms with van der Waals surface area (Å²) in [5.41, 5.74) is 1.35. The Bertz CT molecular complexity index is 649. The van der Waals surface area contributed by atoms with Crippen LogP contribution in [0.2, 0.25) is 5.02 Å². The predicted molar refractivity (Wildman–Crippen MR) is 75.1 cm³/mol. The van der Waals surface area contributed by atoms with E-state index in [1.54, 1.807) is 32.3 Å². The van der Waals surface area contributed by atoms with Crippen LogP contribution in [0.25, 0.3) is 5.69 Å². The van der Waals surface area contributed by atoms with E-state index in [0.717, 1.165) is 16.7 Å². The zero-order chi connectivity index (χ0) is 15.8. The Morgan fingerprint density at radius 1 is 1.29 bits per heavy atom. The lowest BCUT2D eigenvalue weighted by Crippen LogP contribution is -2.15. The van der Waals surface area contributed by atoms with Crippen LogP contribution in [0.4, 0.5) is 19.1 Å². The van der Waals surface area contributed by atoms with Crippen LogP contribution in [-0.4, -0.2) is 28.9 Å². The van der Waals surface area contributed by atoms with Crippen LogP contribution in [0, 0.1) is 0 Å². The third-order valence-corrected chi connectivity index (χ3v) is 3.19. The largest absolute Gasteiger partial charge is 0.453 e. The van der Waals surface area contributed by atoms with Crippen LogP contribution in [0.15, 0.2) is 18.2 Å². The zero-order valence-corrected chi connectivity index (χ0v) is 12.5. The second-order valence-corrected chi connectivity index (χ2v) is 5.09. The fourth-order valence-electron chi connectivity index (χ4n) is 1.82. The fourth-order valence-corrected chi connectivity index (χ4v) is 2.10. The maximum absolute atomic E-state index is 12.8. The molecule has 0 fully saturated rings. The summed E-state index contributed by atoms with van der Waals surface area (Å²) in [6.45, 7) is 1.97. The van der Waals surface area contributed by atoms with E-state index in [2.05, 4.69) is 10.1 Å². The van der Waals surface area contributed by atoms with Gasteiger partial charge in [0.2, 0.25) is 5.95 Å². The number of anilines is 1. The van der Waals surface area contributed by atoms with Crippen LogP contribution in [-0.2, 0) is 12.6 Å². The molecule has 0 atom stereocenters. The van der Waals surface area contributed by atoms with Gasteiger partial charge in [-0.25, -0.2) is 0 Å². The molecule has 0 aliphatic rings. The fraction of sp³-hybridized carbons (Fsp3) is 0.385. The van der Waals surface area contributed by atoms with Crippen molar-refractivity contribution in [2.45, 2.75) is 19.5 Å². The summed E-state index contributed by atoms with van der Waals surface area (Å²) >= 11 is 6.15. The summed E-state index contributed by atoms with van der Waals surface area (Å²) < 4.78 is 39.5. The maximum Gasteiger partial charge on any atom is 0.453 e. The number of benzene rings is 1. The van der Waals surface area contributed by atoms with E-state index in [1.807, 2.05) is 6.92 Å². The number of alkyl halides is 3. The van der Waals surface area contributed by atoms with Gasteiger partial charge in [-0.1, -0.05) is 24.6 Å². The van der Waals surface area contributed by atoms with Gasteiger partial charge in [0.1, 0.15) is 0 Å². The Labute approximate surface area is 125 Å². The standard InChI is InChI=1S/C13H14ClF3N4/c1-4-8-5-6-10(9(14)7-8)21-12(20(2)3)18-11(19-21)13(15,16)17/h5-7H,4H2,1-3H3. The number of nitrogens with zero attached hydrogens (tertiary/aromatic N) is 4. The average Bonchev–Trinajstić information content (AvgIpc) is 2.83. The molecule has 0 spiro atoms. The van der Waals surface area contributed by atoms with Gasteiger partial charge >= 0.3 is 6.18 Å². The molecule has 0 bridgehead atoms. The molecule has 21 heavy (non-hydrogen) atoms. The number of hydrogen-bond acceptors (Lipinski definition) is 3. The topological polar surface area (TPSA) is 34.0 Å². The van der Waals surface area contributed by atoms with Crippen LogP contribution in [0.5, 0.6) is 0 Å². The molecule has 0 N–H and O–H groups in total. The normalized spacial score (nSPS) is 11.8. The molecule has 0 aliphatic carbocycles. The second-order valence-electron chi connectivity index (χ2n) is 4.68. The minimum atomic E-state index is -4.61. The molecule has 114 valence electrons. The van der Waals surface area contributed by atoms with Crippen LogP contribution in [0.3, 0.4) is 0 Å². The first kappa shape index (κ1) is 15.6. The highest BCUT2D eigenvalue weighted by Gasteiger charge is 2.37. The monoisotopic (exact) mass is 318 g/mol. The number of hydrogen-bond donors (Lipinski definition) is 0. The summed E-state index contributed by atoms with van der Waals surface area (Å²) in [5, 5.41) is 3.87. The van der Waals surface area contributed by atoms with Crippen LogP contribution in [0.1, 0.15) is 18.3 Å². The lowest BCUT2D eigenvalue weighted by molar-refractivity contribution is -0.144. The van der Waals surface area contributed by atoms with E-state index in [4.69, 9.17) is 11.6 Å². The van der Waals surface area contributed by atoms with Gasteiger partial charge in [0.25, 0.3) is 5.82 Å². The lowest BCUT2D eigenvalue weighted by atomic mass is 10.1. The smallest absolute Gasteiger partial charge is 0.347 e. The number of aryl methyl sites for hydroxylation is 1. The van der Waals surface area contributed by atoms with E-state index in [1.165, 1.54) is 4.90 Å². The molecule has 1 heterocycles. The number of halogens is 4. The van der Waals surface area contributed by atoms with Crippen molar-refractivity contribution in [3.05, 3.63) is 34.6 Å². The van der Waals surface area contributed by atoms with Crippen molar-refractivity contribution in [2.75, 3.05) is 19.0 Å². The van der Waals surface area contributed by atoms with E-state index < -0.39 is 12.0 Å². The minimum absolute atomic E-state index is 0.0634. The van der Waals surface area contributed by atoms with Gasteiger partial charge in [0, 0.05) is 14.1 Å². The quantitative estimate of drug-likeness (QED) is 0.867. The second kappa shape index (κ2) is 5.55. The first-order valence-electron chi connectivity index (χ1n) is 6.24. The van der Waals surface area contributed by atoms with Gasteiger partial charge in [0.15, 0.2) is 0 Å². The van der Waals surface area contributed by atoms with Crippen molar-refractivity contribution in [1.29, 1.82) is 0 Å². The third kappa shape index (κ3) is 3.12. The Hall–Kier alpha value is -1.76. The van der Waals surface area contributed by atoms with E-state index in [0.29, 0.717) is 10.7 Å². The van der Waals surface area contributed by atoms with Gasteiger partial charge in [-0.15, -0.1) is 5.10 Å². The molecule has 0 saturated carbocycles. The molecular formula is C13H14ClF3N4. The molecule has 0 radical (unpaired) electrons. The summed E-state index contributed by atoms with van der Waals surface area (Å²) in [4.78, 5) is 4.99.